The van der Waals surface area contributed by atoms with Gasteiger partial charge in [-0.2, -0.15) is 0 Å². The van der Waals surface area contributed by atoms with Crippen molar-refractivity contribution in [2.24, 2.45) is 10.5 Å². The molecule has 0 fully saturated rings. The molecule has 78 valence electrons. The molecule has 1 heterocycles. The van der Waals surface area contributed by atoms with Crippen LogP contribution < -0.4 is 5.11 Å². The fourth-order valence-electron chi connectivity index (χ4n) is 1.55. The molecule has 0 aliphatic carbocycles. The van der Waals surface area contributed by atoms with Crippen molar-refractivity contribution in [3.63, 3.8) is 0 Å². The van der Waals surface area contributed by atoms with Gasteiger partial charge in [-0.3, -0.25) is 0 Å². The molecule has 0 amide bonds. The molecular formula is C12H14N2O. The Kier molecular flexibility index (Phi) is 2.31. The van der Waals surface area contributed by atoms with Crippen molar-refractivity contribution in [1.29, 1.82) is 0 Å². The number of hydrazone groups is 1. The molecule has 1 aromatic carbocycles. The van der Waals surface area contributed by atoms with Gasteiger partial charge in [0.1, 0.15) is 0 Å². The van der Waals surface area contributed by atoms with E-state index in [2.05, 4.69) is 5.10 Å². The van der Waals surface area contributed by atoms with Gasteiger partial charge >= 0.3 is 0 Å². The van der Waals surface area contributed by atoms with Gasteiger partial charge in [0.05, 0.1) is 5.41 Å². The van der Waals surface area contributed by atoms with Crippen molar-refractivity contribution < 1.29 is 9.79 Å². The molecule has 3 heteroatoms. The molecule has 1 aromatic rings. The van der Waals surface area contributed by atoms with E-state index in [0.29, 0.717) is 6.54 Å². The average Bonchev–Trinajstić information content (AvgIpc) is 2.42. The molecule has 0 unspecified atom stereocenters. The molecule has 0 bridgehead atoms. The molecule has 0 aromatic heterocycles. The zero-order chi connectivity index (χ0) is 10.9. The third-order valence-corrected chi connectivity index (χ3v) is 2.45. The lowest BCUT2D eigenvalue weighted by Crippen LogP contribution is -2.33. The maximum atomic E-state index is 11.5. The number of rotatable bonds is 1. The Morgan fingerprint density at radius 1 is 1.33 bits per heavy atom. The minimum absolute atomic E-state index is 0.0466. The molecule has 0 atom stereocenters. The van der Waals surface area contributed by atoms with Crippen LogP contribution in [0.15, 0.2) is 35.4 Å². The van der Waals surface area contributed by atoms with E-state index in [1.165, 1.54) is 0 Å². The van der Waals surface area contributed by atoms with Crippen molar-refractivity contribution in [2.45, 2.75) is 13.8 Å². The van der Waals surface area contributed by atoms with E-state index in [0.717, 1.165) is 5.56 Å². The summed E-state index contributed by atoms with van der Waals surface area (Å²) in [4.78, 5) is 0. The first-order valence-corrected chi connectivity index (χ1v) is 5.01. The molecule has 0 saturated carbocycles. The largest absolute Gasteiger partial charge is 0.857 e. The van der Waals surface area contributed by atoms with Crippen molar-refractivity contribution in [1.82, 2.24) is 0 Å². The Labute approximate surface area is 89.4 Å². The van der Waals surface area contributed by atoms with E-state index in [1.54, 1.807) is 4.68 Å². The van der Waals surface area contributed by atoms with Crippen LogP contribution in [-0.2, 0) is 0 Å². The van der Waals surface area contributed by atoms with Crippen LogP contribution in [0.25, 0.3) is 0 Å². The predicted octanol–water partition coefficient (Wildman–Crippen LogP) is 0.832. The zero-order valence-corrected chi connectivity index (χ0v) is 8.97. The van der Waals surface area contributed by atoms with E-state index >= 15 is 0 Å². The van der Waals surface area contributed by atoms with Crippen molar-refractivity contribution in [2.75, 3.05) is 6.54 Å². The van der Waals surface area contributed by atoms with Gasteiger partial charge in [-0.1, -0.05) is 22.9 Å². The molecule has 15 heavy (non-hydrogen) atoms. The third-order valence-electron chi connectivity index (χ3n) is 2.45. The highest BCUT2D eigenvalue weighted by Gasteiger charge is 2.32. The van der Waals surface area contributed by atoms with Gasteiger partial charge in [0, 0.05) is 11.5 Å². The summed E-state index contributed by atoms with van der Waals surface area (Å²) in [5.41, 5.74) is 0.706. The summed E-state index contributed by atoms with van der Waals surface area (Å²) >= 11 is 0. The van der Waals surface area contributed by atoms with Crippen LogP contribution in [0, 0.1) is 5.41 Å². The average molecular weight is 202 g/mol. The van der Waals surface area contributed by atoms with Gasteiger partial charge in [0.25, 0.3) is 0 Å². The molecule has 0 N–H and O–H groups in total. The molecule has 2 rings (SSSR count). The maximum absolute atomic E-state index is 11.5. The molecule has 0 spiro atoms. The third kappa shape index (κ3) is 2.06. The second-order valence-corrected chi connectivity index (χ2v) is 4.43. The number of hydrogen-bond acceptors (Lipinski definition) is 2. The van der Waals surface area contributed by atoms with Crippen molar-refractivity contribution in [3.05, 3.63) is 35.9 Å². The summed E-state index contributed by atoms with van der Waals surface area (Å²) in [5.74, 6) is -0.0466. The van der Waals surface area contributed by atoms with Crippen LogP contribution in [0.5, 0.6) is 0 Å². The Morgan fingerprint density at radius 3 is 2.53 bits per heavy atom. The van der Waals surface area contributed by atoms with Gasteiger partial charge in [0.2, 0.25) is 6.21 Å². The first-order chi connectivity index (χ1) is 7.08. The first kappa shape index (κ1) is 9.90. The highest BCUT2D eigenvalue weighted by atomic mass is 16.3. The van der Waals surface area contributed by atoms with Gasteiger partial charge in [0.15, 0.2) is 6.54 Å². The van der Waals surface area contributed by atoms with Crippen LogP contribution >= 0.6 is 0 Å². The second-order valence-electron chi connectivity index (χ2n) is 4.43. The van der Waals surface area contributed by atoms with E-state index in [1.807, 2.05) is 50.4 Å². The molecule has 3 nitrogen and oxygen atoms in total. The molecule has 1 aliphatic heterocycles. The minimum atomic E-state index is -0.356. The van der Waals surface area contributed by atoms with Crippen molar-refractivity contribution in [3.8, 4) is 0 Å². The molecule has 0 saturated heterocycles. The summed E-state index contributed by atoms with van der Waals surface area (Å²) in [6.45, 7) is 4.48. The fourth-order valence-corrected chi connectivity index (χ4v) is 1.55. The lowest BCUT2D eigenvalue weighted by atomic mass is 9.95. The summed E-state index contributed by atoms with van der Waals surface area (Å²) in [7, 11) is 0. The molecule has 1 aliphatic rings. The standard InChI is InChI=1S/C12H14N2O/c1-12(2)9-14(13-11(12)15)8-10-6-4-3-5-7-10/h3-8H,9H2,1-2H3/b14-8-. The highest BCUT2D eigenvalue weighted by molar-refractivity contribution is 5.80. The highest BCUT2D eigenvalue weighted by Crippen LogP contribution is 2.20. The van der Waals surface area contributed by atoms with Gasteiger partial charge in [-0.05, 0) is 31.1 Å². The number of benzene rings is 1. The van der Waals surface area contributed by atoms with Gasteiger partial charge < -0.3 is 5.11 Å². The Hall–Kier alpha value is -1.64. The van der Waals surface area contributed by atoms with Crippen molar-refractivity contribution >= 4 is 12.1 Å². The SMILES string of the molecule is CC1(C)C/[N+](=C/c2ccccc2)N=C1[O-]. The Bertz CT molecular complexity index is 419. The molecule has 0 radical (unpaired) electrons. The van der Waals surface area contributed by atoms with Gasteiger partial charge in [-0.25, -0.2) is 0 Å². The quantitative estimate of drug-likeness (QED) is 0.622. The van der Waals surface area contributed by atoms with E-state index in [-0.39, 0.29) is 11.3 Å². The topological polar surface area (TPSA) is 38.4 Å². The second kappa shape index (κ2) is 3.50. The Morgan fingerprint density at radius 2 is 2.00 bits per heavy atom. The fraction of sp³-hybridized carbons (Fsp3) is 0.333. The Balaban J connectivity index is 2.26. The number of nitrogens with zero attached hydrogens (tertiary/aromatic N) is 2. The lowest BCUT2D eigenvalue weighted by molar-refractivity contribution is -0.527. The van der Waals surface area contributed by atoms with Crippen LogP contribution in [0.1, 0.15) is 19.4 Å². The van der Waals surface area contributed by atoms with E-state index in [4.69, 9.17) is 0 Å². The summed E-state index contributed by atoms with van der Waals surface area (Å²) in [6.07, 6.45) is 1.90. The molecular weight excluding hydrogens is 188 g/mol. The lowest BCUT2D eigenvalue weighted by Gasteiger charge is -2.16. The maximum Gasteiger partial charge on any atom is 0.203 e. The van der Waals surface area contributed by atoms with E-state index in [9.17, 15) is 5.11 Å². The van der Waals surface area contributed by atoms with Crippen LogP contribution in [0.2, 0.25) is 0 Å². The first-order valence-electron chi connectivity index (χ1n) is 5.01. The van der Waals surface area contributed by atoms with Crippen LogP contribution in [0.4, 0.5) is 0 Å². The zero-order valence-electron chi connectivity index (χ0n) is 8.97. The summed E-state index contributed by atoms with van der Waals surface area (Å²) < 4.78 is 1.72. The number of hydrogen-bond donors (Lipinski definition) is 0. The smallest absolute Gasteiger partial charge is 0.203 e. The summed E-state index contributed by atoms with van der Waals surface area (Å²) in [5, 5.41) is 15.4. The monoisotopic (exact) mass is 202 g/mol. The minimum Gasteiger partial charge on any atom is -0.857 e. The van der Waals surface area contributed by atoms with Gasteiger partial charge in [-0.15, -0.1) is 0 Å². The normalized spacial score (nSPS) is 21.7. The summed E-state index contributed by atoms with van der Waals surface area (Å²) in [6, 6.07) is 9.88. The van der Waals surface area contributed by atoms with Crippen LogP contribution in [-0.4, -0.2) is 23.3 Å². The van der Waals surface area contributed by atoms with Crippen LogP contribution in [0.3, 0.4) is 0 Å². The predicted molar refractivity (Wildman–Crippen MR) is 58.0 cm³/mol. The van der Waals surface area contributed by atoms with E-state index < -0.39 is 0 Å².